The Labute approximate surface area is 146 Å². The van der Waals surface area contributed by atoms with Gasteiger partial charge in [0.05, 0.1) is 17.4 Å². The topological polar surface area (TPSA) is 90.4 Å². The van der Waals surface area contributed by atoms with Crippen LogP contribution in [-0.2, 0) is 14.3 Å². The van der Waals surface area contributed by atoms with Gasteiger partial charge in [0.25, 0.3) is 5.91 Å². The van der Waals surface area contributed by atoms with Gasteiger partial charge in [-0.05, 0) is 39.5 Å². The quantitative estimate of drug-likeness (QED) is 0.815. The highest BCUT2D eigenvalue weighted by molar-refractivity contribution is 6.30. The molecule has 1 amide bonds. The Bertz CT molecular complexity index is 583. The third-order valence-electron chi connectivity index (χ3n) is 3.82. The molecule has 0 aliphatic heterocycles. The monoisotopic (exact) mass is 355 g/mol. The van der Waals surface area contributed by atoms with Crippen molar-refractivity contribution < 1.29 is 19.1 Å². The molecule has 1 aliphatic rings. The fourth-order valence-corrected chi connectivity index (χ4v) is 2.70. The number of carbonyl (C=O) groups is 2. The number of hydrogen-bond donors (Lipinski definition) is 1. The Hall–Kier alpha value is -1.89. The third kappa shape index (κ3) is 5.33. The highest BCUT2D eigenvalue weighted by Gasteiger charge is 2.33. The number of halogens is 1. The zero-order valence-electron chi connectivity index (χ0n) is 14.0. The van der Waals surface area contributed by atoms with Gasteiger partial charge in [-0.15, -0.1) is 0 Å². The standard InChI is InChI=1S/C16H22ClN3O4/c1-10(21)24-16(2,3)14(22)20-12-4-6-13(7-5-12)23-15-18-8-11(17)9-19-15/h8-9,12-13H,4-7H2,1-3H3,(H,20,22). The molecule has 2 rings (SSSR count). The molecule has 0 unspecified atom stereocenters. The summed E-state index contributed by atoms with van der Waals surface area (Å²) < 4.78 is 10.8. The van der Waals surface area contributed by atoms with Crippen molar-refractivity contribution >= 4 is 23.5 Å². The lowest BCUT2D eigenvalue weighted by Crippen LogP contribution is -2.50. The van der Waals surface area contributed by atoms with E-state index in [4.69, 9.17) is 21.1 Å². The zero-order valence-corrected chi connectivity index (χ0v) is 14.8. The Morgan fingerprint density at radius 2 is 1.79 bits per heavy atom. The Kier molecular flexibility index (Phi) is 5.99. The zero-order chi connectivity index (χ0) is 17.7. The molecule has 1 aromatic heterocycles. The van der Waals surface area contributed by atoms with Crippen LogP contribution in [0, 0.1) is 0 Å². The molecule has 24 heavy (non-hydrogen) atoms. The van der Waals surface area contributed by atoms with Crippen LogP contribution in [0.25, 0.3) is 0 Å². The number of ether oxygens (including phenoxy) is 2. The Morgan fingerprint density at radius 3 is 2.33 bits per heavy atom. The lowest BCUT2D eigenvalue weighted by atomic mass is 9.92. The molecule has 0 bridgehead atoms. The number of aromatic nitrogens is 2. The summed E-state index contributed by atoms with van der Waals surface area (Å²) in [7, 11) is 0. The van der Waals surface area contributed by atoms with Crippen molar-refractivity contribution in [2.45, 2.75) is 64.2 Å². The largest absolute Gasteiger partial charge is 0.460 e. The van der Waals surface area contributed by atoms with Crippen molar-refractivity contribution in [1.82, 2.24) is 15.3 Å². The molecule has 8 heteroatoms. The molecule has 0 aromatic carbocycles. The maximum Gasteiger partial charge on any atom is 0.316 e. The van der Waals surface area contributed by atoms with Crippen LogP contribution in [0.3, 0.4) is 0 Å². The molecule has 1 N–H and O–H groups in total. The van der Waals surface area contributed by atoms with Crippen LogP contribution in [0.1, 0.15) is 46.5 Å². The summed E-state index contributed by atoms with van der Waals surface area (Å²) in [6, 6.07) is 0.348. The van der Waals surface area contributed by atoms with E-state index in [0.29, 0.717) is 11.0 Å². The minimum absolute atomic E-state index is 0.0146. The summed E-state index contributed by atoms with van der Waals surface area (Å²) in [5.41, 5.74) is -1.17. The highest BCUT2D eigenvalue weighted by Crippen LogP contribution is 2.23. The van der Waals surface area contributed by atoms with Crippen LogP contribution in [-0.4, -0.2) is 39.6 Å². The van der Waals surface area contributed by atoms with E-state index in [1.807, 2.05) is 0 Å². The van der Waals surface area contributed by atoms with E-state index in [1.54, 1.807) is 13.8 Å². The maximum absolute atomic E-state index is 12.2. The van der Waals surface area contributed by atoms with Crippen LogP contribution < -0.4 is 10.1 Å². The molecule has 1 fully saturated rings. The summed E-state index contributed by atoms with van der Waals surface area (Å²) in [4.78, 5) is 31.3. The van der Waals surface area contributed by atoms with Gasteiger partial charge in [-0.1, -0.05) is 11.6 Å². The van der Waals surface area contributed by atoms with Crippen LogP contribution in [0.5, 0.6) is 6.01 Å². The van der Waals surface area contributed by atoms with Crippen molar-refractivity contribution in [2.75, 3.05) is 0 Å². The van der Waals surface area contributed by atoms with E-state index in [0.717, 1.165) is 25.7 Å². The molecular formula is C16H22ClN3O4. The molecule has 0 saturated heterocycles. The van der Waals surface area contributed by atoms with Crippen LogP contribution in [0.2, 0.25) is 5.02 Å². The summed E-state index contributed by atoms with van der Waals surface area (Å²) in [5.74, 6) is -0.765. The minimum Gasteiger partial charge on any atom is -0.460 e. The predicted molar refractivity (Wildman–Crippen MR) is 87.7 cm³/mol. The van der Waals surface area contributed by atoms with Gasteiger partial charge in [0.15, 0.2) is 5.60 Å². The van der Waals surface area contributed by atoms with Crippen molar-refractivity contribution in [2.24, 2.45) is 0 Å². The summed E-state index contributed by atoms with van der Waals surface area (Å²) >= 11 is 5.74. The van der Waals surface area contributed by atoms with Crippen LogP contribution in [0.4, 0.5) is 0 Å². The van der Waals surface area contributed by atoms with Crippen molar-refractivity contribution in [3.8, 4) is 6.01 Å². The SMILES string of the molecule is CC(=O)OC(C)(C)C(=O)NC1CCC(Oc2ncc(Cl)cn2)CC1. The summed E-state index contributed by atoms with van der Waals surface area (Å²) in [5, 5.41) is 3.40. The third-order valence-corrected chi connectivity index (χ3v) is 4.02. The molecular weight excluding hydrogens is 334 g/mol. The van der Waals surface area contributed by atoms with Gasteiger partial charge in [-0.2, -0.15) is 0 Å². The van der Waals surface area contributed by atoms with E-state index < -0.39 is 11.6 Å². The first-order chi connectivity index (χ1) is 11.3. The second-order valence-corrected chi connectivity index (χ2v) is 6.79. The van der Waals surface area contributed by atoms with E-state index in [1.165, 1.54) is 19.3 Å². The van der Waals surface area contributed by atoms with E-state index in [-0.39, 0.29) is 18.1 Å². The minimum atomic E-state index is -1.17. The Morgan fingerprint density at radius 1 is 1.21 bits per heavy atom. The fraction of sp³-hybridized carbons (Fsp3) is 0.625. The number of carbonyl (C=O) groups excluding carboxylic acids is 2. The maximum atomic E-state index is 12.2. The second kappa shape index (κ2) is 7.79. The van der Waals surface area contributed by atoms with E-state index >= 15 is 0 Å². The number of rotatable bonds is 5. The van der Waals surface area contributed by atoms with E-state index in [2.05, 4.69) is 15.3 Å². The highest BCUT2D eigenvalue weighted by atomic mass is 35.5. The second-order valence-electron chi connectivity index (χ2n) is 6.35. The first-order valence-electron chi connectivity index (χ1n) is 7.91. The van der Waals surface area contributed by atoms with Crippen molar-refractivity contribution in [1.29, 1.82) is 0 Å². The predicted octanol–water partition coefficient (Wildman–Crippen LogP) is 2.28. The lowest BCUT2D eigenvalue weighted by Gasteiger charge is -2.31. The van der Waals surface area contributed by atoms with Gasteiger partial charge >= 0.3 is 12.0 Å². The van der Waals surface area contributed by atoms with Crippen molar-refractivity contribution in [3.05, 3.63) is 17.4 Å². The average Bonchev–Trinajstić information content (AvgIpc) is 2.50. The first kappa shape index (κ1) is 18.4. The van der Waals surface area contributed by atoms with Gasteiger partial charge < -0.3 is 14.8 Å². The number of nitrogens with zero attached hydrogens (tertiary/aromatic N) is 2. The average molecular weight is 356 g/mol. The molecule has 0 spiro atoms. The number of nitrogens with one attached hydrogen (secondary N) is 1. The van der Waals surface area contributed by atoms with Gasteiger partial charge in [-0.3, -0.25) is 9.59 Å². The van der Waals surface area contributed by atoms with Crippen LogP contribution >= 0.6 is 11.6 Å². The lowest BCUT2D eigenvalue weighted by molar-refractivity contribution is -0.163. The number of esters is 1. The molecule has 0 atom stereocenters. The van der Waals surface area contributed by atoms with Crippen molar-refractivity contribution in [3.63, 3.8) is 0 Å². The molecule has 1 saturated carbocycles. The molecule has 1 heterocycles. The van der Waals surface area contributed by atoms with Gasteiger partial charge in [0.2, 0.25) is 0 Å². The van der Waals surface area contributed by atoms with E-state index in [9.17, 15) is 9.59 Å². The molecule has 1 aromatic rings. The Balaban J connectivity index is 1.79. The number of amides is 1. The van der Waals surface area contributed by atoms with Gasteiger partial charge in [0, 0.05) is 13.0 Å². The fourth-order valence-electron chi connectivity index (χ4n) is 2.60. The smallest absolute Gasteiger partial charge is 0.316 e. The summed E-state index contributed by atoms with van der Waals surface area (Å²) in [6.45, 7) is 4.45. The molecule has 1 aliphatic carbocycles. The van der Waals surface area contributed by atoms with Gasteiger partial charge in [-0.25, -0.2) is 9.97 Å². The number of hydrogen-bond acceptors (Lipinski definition) is 6. The molecule has 0 radical (unpaired) electrons. The first-order valence-corrected chi connectivity index (χ1v) is 8.29. The summed E-state index contributed by atoms with van der Waals surface area (Å²) in [6.07, 6.45) is 6.12. The molecule has 132 valence electrons. The van der Waals surface area contributed by atoms with Crippen LogP contribution in [0.15, 0.2) is 12.4 Å². The van der Waals surface area contributed by atoms with Gasteiger partial charge in [0.1, 0.15) is 6.10 Å². The molecule has 7 nitrogen and oxygen atoms in total. The normalized spacial score (nSPS) is 21.0.